The highest BCUT2D eigenvalue weighted by atomic mass is 19.4. The Morgan fingerprint density at radius 1 is 1.18 bits per heavy atom. The van der Waals surface area contributed by atoms with Gasteiger partial charge in [-0.1, -0.05) is 12.1 Å². The van der Waals surface area contributed by atoms with Gasteiger partial charge in [-0.25, -0.2) is 4.79 Å². The Bertz CT molecular complexity index is 642. The smallest absolute Gasteiger partial charge is 0.422 e. The standard InChI is InChI=1S/C19H25F3N2O4/c1-27-16-6-4-14(5-7-16)2-3-15-8-10-24(11-9-15)17(25)12-23-18(26)28-13-19(20,21)22/h4-7,15H,2-3,8-13H2,1H3,(H,23,26). The topological polar surface area (TPSA) is 67.9 Å². The van der Waals surface area contributed by atoms with E-state index in [0.717, 1.165) is 31.4 Å². The Hall–Kier alpha value is -2.45. The molecule has 1 aliphatic heterocycles. The molecular formula is C19H25F3N2O4. The van der Waals surface area contributed by atoms with Crippen molar-refractivity contribution in [3.05, 3.63) is 29.8 Å². The highest BCUT2D eigenvalue weighted by molar-refractivity contribution is 5.82. The molecule has 1 N–H and O–H groups in total. The summed E-state index contributed by atoms with van der Waals surface area (Å²) in [5, 5.41) is 2.06. The summed E-state index contributed by atoms with van der Waals surface area (Å²) in [6.07, 6.45) is -2.14. The number of methoxy groups -OCH3 is 1. The second-order valence-corrected chi connectivity index (χ2v) is 6.76. The molecule has 1 aromatic carbocycles. The number of carbonyl (C=O) groups excluding carboxylic acids is 2. The largest absolute Gasteiger partial charge is 0.497 e. The zero-order valence-corrected chi connectivity index (χ0v) is 15.8. The van der Waals surface area contributed by atoms with Crippen LogP contribution in [0, 0.1) is 5.92 Å². The van der Waals surface area contributed by atoms with Crippen molar-refractivity contribution in [1.82, 2.24) is 10.2 Å². The van der Waals surface area contributed by atoms with Crippen LogP contribution in [0.4, 0.5) is 18.0 Å². The zero-order chi connectivity index (χ0) is 20.6. The fraction of sp³-hybridized carbons (Fsp3) is 0.579. The molecule has 0 radical (unpaired) electrons. The number of piperidine rings is 1. The summed E-state index contributed by atoms with van der Waals surface area (Å²) in [6, 6.07) is 7.95. The van der Waals surface area contributed by atoms with E-state index in [1.807, 2.05) is 24.3 Å². The van der Waals surface area contributed by atoms with E-state index >= 15 is 0 Å². The lowest BCUT2D eigenvalue weighted by Crippen LogP contribution is -2.44. The highest BCUT2D eigenvalue weighted by Crippen LogP contribution is 2.23. The number of amides is 2. The van der Waals surface area contributed by atoms with Crippen molar-refractivity contribution in [2.45, 2.75) is 31.9 Å². The second-order valence-electron chi connectivity index (χ2n) is 6.76. The second kappa shape index (κ2) is 10.2. The number of carbonyl (C=O) groups is 2. The Morgan fingerprint density at radius 3 is 2.39 bits per heavy atom. The summed E-state index contributed by atoms with van der Waals surface area (Å²) in [6.45, 7) is -0.892. The maximum atomic E-state index is 12.1. The summed E-state index contributed by atoms with van der Waals surface area (Å²) in [5.41, 5.74) is 1.24. The minimum absolute atomic E-state index is 0.322. The summed E-state index contributed by atoms with van der Waals surface area (Å²) in [7, 11) is 1.63. The minimum Gasteiger partial charge on any atom is -0.497 e. The van der Waals surface area contributed by atoms with Crippen LogP contribution in [0.15, 0.2) is 24.3 Å². The third kappa shape index (κ3) is 7.66. The summed E-state index contributed by atoms with van der Waals surface area (Å²) in [4.78, 5) is 24.9. The van der Waals surface area contributed by atoms with Crippen LogP contribution in [-0.4, -0.2) is 56.4 Å². The highest BCUT2D eigenvalue weighted by Gasteiger charge is 2.30. The molecule has 156 valence electrons. The van der Waals surface area contributed by atoms with Crippen LogP contribution >= 0.6 is 0 Å². The van der Waals surface area contributed by atoms with Crippen LogP contribution in [0.2, 0.25) is 0 Å². The number of ether oxygens (including phenoxy) is 2. The number of nitrogens with zero attached hydrogens (tertiary/aromatic N) is 1. The molecular weight excluding hydrogens is 377 g/mol. The first kappa shape index (κ1) is 21.8. The van der Waals surface area contributed by atoms with Gasteiger partial charge >= 0.3 is 12.3 Å². The zero-order valence-electron chi connectivity index (χ0n) is 15.8. The van der Waals surface area contributed by atoms with E-state index in [2.05, 4.69) is 10.1 Å². The number of alkyl carbamates (subject to hydrolysis) is 1. The van der Waals surface area contributed by atoms with Crippen molar-refractivity contribution in [1.29, 1.82) is 0 Å². The third-order valence-electron chi connectivity index (χ3n) is 4.72. The van der Waals surface area contributed by atoms with E-state index in [4.69, 9.17) is 4.74 Å². The van der Waals surface area contributed by atoms with Gasteiger partial charge in [0, 0.05) is 13.1 Å². The van der Waals surface area contributed by atoms with Crippen LogP contribution in [0.25, 0.3) is 0 Å². The number of rotatable bonds is 7. The average molecular weight is 402 g/mol. The van der Waals surface area contributed by atoms with Crippen molar-refractivity contribution in [2.75, 3.05) is 33.4 Å². The number of nitrogens with one attached hydrogen (secondary N) is 1. The maximum Gasteiger partial charge on any atom is 0.422 e. The lowest BCUT2D eigenvalue weighted by molar-refractivity contribution is -0.160. The van der Waals surface area contributed by atoms with Gasteiger partial charge in [0.15, 0.2) is 6.61 Å². The molecule has 9 heteroatoms. The lowest BCUT2D eigenvalue weighted by Gasteiger charge is -2.32. The number of benzene rings is 1. The predicted octanol–water partition coefficient (Wildman–Crippen LogP) is 3.15. The molecule has 0 unspecified atom stereocenters. The molecule has 1 aliphatic rings. The maximum absolute atomic E-state index is 12.1. The number of aryl methyl sites for hydroxylation is 1. The fourth-order valence-corrected chi connectivity index (χ4v) is 3.09. The van der Waals surface area contributed by atoms with Crippen molar-refractivity contribution in [3.8, 4) is 5.75 Å². The van der Waals surface area contributed by atoms with Gasteiger partial charge in [-0.15, -0.1) is 0 Å². The van der Waals surface area contributed by atoms with Crippen LogP contribution in [0.1, 0.15) is 24.8 Å². The third-order valence-corrected chi connectivity index (χ3v) is 4.72. The molecule has 2 rings (SSSR count). The summed E-state index contributed by atoms with van der Waals surface area (Å²) >= 11 is 0. The number of alkyl halides is 3. The average Bonchev–Trinajstić information content (AvgIpc) is 2.69. The molecule has 1 aromatic rings. The first-order valence-electron chi connectivity index (χ1n) is 9.15. The van der Waals surface area contributed by atoms with E-state index in [9.17, 15) is 22.8 Å². The van der Waals surface area contributed by atoms with E-state index in [-0.39, 0.29) is 12.5 Å². The molecule has 1 fully saturated rings. The molecule has 6 nitrogen and oxygen atoms in total. The number of hydrogen-bond donors (Lipinski definition) is 1. The van der Waals surface area contributed by atoms with Crippen LogP contribution in [0.3, 0.4) is 0 Å². The van der Waals surface area contributed by atoms with Gasteiger partial charge in [0.1, 0.15) is 12.3 Å². The quantitative estimate of drug-likeness (QED) is 0.761. The fourth-order valence-electron chi connectivity index (χ4n) is 3.09. The molecule has 1 heterocycles. The Balaban J connectivity index is 1.64. The SMILES string of the molecule is COc1ccc(CCC2CCN(C(=O)CNC(=O)OCC(F)(F)F)CC2)cc1. The molecule has 2 amide bonds. The number of hydrogen-bond acceptors (Lipinski definition) is 4. The van der Waals surface area contributed by atoms with Crippen molar-refractivity contribution in [3.63, 3.8) is 0 Å². The molecule has 0 aromatic heterocycles. The van der Waals surface area contributed by atoms with Gasteiger partial charge in [0.05, 0.1) is 7.11 Å². The van der Waals surface area contributed by atoms with E-state index in [1.165, 1.54) is 5.56 Å². The molecule has 0 atom stereocenters. The van der Waals surface area contributed by atoms with Gasteiger partial charge in [-0.2, -0.15) is 13.2 Å². The molecule has 0 spiro atoms. The van der Waals surface area contributed by atoms with Crippen molar-refractivity contribution < 1.29 is 32.2 Å². The van der Waals surface area contributed by atoms with Crippen LogP contribution in [0.5, 0.6) is 5.75 Å². The van der Waals surface area contributed by atoms with Crippen LogP contribution < -0.4 is 10.1 Å². The van der Waals surface area contributed by atoms with Gasteiger partial charge in [-0.3, -0.25) is 4.79 Å². The number of halogens is 3. The van der Waals surface area contributed by atoms with Gasteiger partial charge in [0.2, 0.25) is 5.91 Å². The Morgan fingerprint density at radius 2 is 1.82 bits per heavy atom. The van der Waals surface area contributed by atoms with E-state index < -0.39 is 18.9 Å². The molecule has 0 bridgehead atoms. The van der Waals surface area contributed by atoms with E-state index in [0.29, 0.717) is 19.0 Å². The Labute approximate surface area is 162 Å². The molecule has 0 aliphatic carbocycles. The van der Waals surface area contributed by atoms with Crippen molar-refractivity contribution >= 4 is 12.0 Å². The first-order chi connectivity index (χ1) is 13.3. The number of likely N-dealkylation sites (tertiary alicyclic amines) is 1. The van der Waals surface area contributed by atoms with Gasteiger partial charge in [0.25, 0.3) is 0 Å². The van der Waals surface area contributed by atoms with Gasteiger partial charge < -0.3 is 19.7 Å². The summed E-state index contributed by atoms with van der Waals surface area (Å²) in [5.74, 6) is 1.01. The molecule has 28 heavy (non-hydrogen) atoms. The lowest BCUT2D eigenvalue weighted by atomic mass is 9.90. The molecule has 1 saturated heterocycles. The Kier molecular flexibility index (Phi) is 7.95. The minimum atomic E-state index is -4.59. The first-order valence-corrected chi connectivity index (χ1v) is 9.15. The van der Waals surface area contributed by atoms with Crippen LogP contribution in [-0.2, 0) is 16.0 Å². The van der Waals surface area contributed by atoms with Gasteiger partial charge in [-0.05, 0) is 49.3 Å². The summed E-state index contributed by atoms with van der Waals surface area (Å²) < 4.78 is 45.0. The molecule has 0 saturated carbocycles. The van der Waals surface area contributed by atoms with Crippen molar-refractivity contribution in [2.24, 2.45) is 5.92 Å². The normalized spacial score (nSPS) is 15.2. The predicted molar refractivity (Wildman–Crippen MR) is 96.0 cm³/mol. The van der Waals surface area contributed by atoms with E-state index in [1.54, 1.807) is 12.0 Å². The monoisotopic (exact) mass is 402 g/mol.